The molecule has 0 bridgehead atoms. The Kier molecular flexibility index (Phi) is 6.03. The molecule has 1 aromatic carbocycles. The molecule has 1 aromatic rings. The van der Waals surface area contributed by atoms with Gasteiger partial charge in [0.2, 0.25) is 0 Å². The van der Waals surface area contributed by atoms with E-state index in [1.54, 1.807) is 0 Å². The van der Waals surface area contributed by atoms with Crippen molar-refractivity contribution < 1.29 is 10.0 Å². The Bertz CT molecular complexity index is 487. The molecule has 4 N–H and O–H groups in total. The average molecular weight is 277 g/mol. The molecule has 0 unspecified atom stereocenters. The second-order valence-corrected chi connectivity index (χ2v) is 5.08. The molecule has 20 heavy (non-hydrogen) atoms. The number of carbonyl (C=O) groups excluding carboxylic acids is 1. The lowest BCUT2D eigenvalue weighted by Crippen LogP contribution is -2.26. The zero-order valence-electron chi connectivity index (χ0n) is 12.4. The van der Waals surface area contributed by atoms with Crippen molar-refractivity contribution in [3.05, 3.63) is 34.4 Å². The van der Waals surface area contributed by atoms with Crippen LogP contribution >= 0.6 is 0 Å². The Morgan fingerprint density at radius 1 is 1.25 bits per heavy atom. The molecule has 0 atom stereocenters. The fourth-order valence-corrected chi connectivity index (χ4v) is 2.31. The van der Waals surface area contributed by atoms with Crippen molar-refractivity contribution in [2.75, 3.05) is 6.54 Å². The minimum absolute atomic E-state index is 0.0382. The summed E-state index contributed by atoms with van der Waals surface area (Å²) in [6.45, 7) is 6.51. The van der Waals surface area contributed by atoms with E-state index in [2.05, 4.69) is 10.5 Å². The molecule has 0 saturated heterocycles. The number of oxime groups is 1. The van der Waals surface area contributed by atoms with Gasteiger partial charge in [-0.2, -0.15) is 0 Å². The van der Waals surface area contributed by atoms with E-state index in [-0.39, 0.29) is 11.7 Å². The van der Waals surface area contributed by atoms with E-state index in [9.17, 15) is 4.79 Å². The lowest BCUT2D eigenvalue weighted by Gasteiger charge is -2.11. The fraction of sp³-hybridized carbons (Fsp3) is 0.467. The summed E-state index contributed by atoms with van der Waals surface area (Å²) in [5.74, 6) is 0.186. The standard InChI is InChI=1S/C15H23N3O2/c1-10-8-11(2)14(12(3)9-10)15(19)17-7-5-4-6-13(16)18-20/h8-9,20H,4-7H2,1-3H3,(H2,16,18)(H,17,19). The lowest BCUT2D eigenvalue weighted by atomic mass is 9.99. The van der Waals surface area contributed by atoms with Crippen molar-refractivity contribution in [1.29, 1.82) is 0 Å². The van der Waals surface area contributed by atoms with E-state index < -0.39 is 0 Å². The van der Waals surface area contributed by atoms with Crippen molar-refractivity contribution in [3.63, 3.8) is 0 Å². The van der Waals surface area contributed by atoms with Gasteiger partial charge in [0.05, 0.1) is 0 Å². The number of rotatable bonds is 6. The van der Waals surface area contributed by atoms with Gasteiger partial charge in [0.1, 0.15) is 5.84 Å². The lowest BCUT2D eigenvalue weighted by molar-refractivity contribution is 0.0952. The number of hydrogen-bond acceptors (Lipinski definition) is 3. The summed E-state index contributed by atoms with van der Waals surface area (Å²) in [6, 6.07) is 4.03. The average Bonchev–Trinajstić information content (AvgIpc) is 2.36. The van der Waals surface area contributed by atoms with Crippen molar-refractivity contribution in [3.8, 4) is 0 Å². The van der Waals surface area contributed by atoms with Gasteiger partial charge >= 0.3 is 0 Å². The Hall–Kier alpha value is -2.04. The highest BCUT2D eigenvalue weighted by molar-refractivity contribution is 5.97. The molecule has 0 aliphatic rings. The molecule has 0 radical (unpaired) electrons. The van der Waals surface area contributed by atoms with Crippen molar-refractivity contribution >= 4 is 11.7 Å². The minimum atomic E-state index is -0.0382. The molecule has 0 aromatic heterocycles. The van der Waals surface area contributed by atoms with Crippen LogP contribution in [-0.2, 0) is 0 Å². The summed E-state index contributed by atoms with van der Waals surface area (Å²) in [6.07, 6.45) is 2.11. The van der Waals surface area contributed by atoms with Crippen LogP contribution in [-0.4, -0.2) is 23.5 Å². The third-order valence-electron chi connectivity index (χ3n) is 3.18. The first-order valence-electron chi connectivity index (χ1n) is 6.78. The van der Waals surface area contributed by atoms with Crippen LogP contribution < -0.4 is 11.1 Å². The van der Waals surface area contributed by atoms with Crippen LogP contribution in [0, 0.1) is 20.8 Å². The van der Waals surface area contributed by atoms with E-state index in [4.69, 9.17) is 10.9 Å². The smallest absolute Gasteiger partial charge is 0.251 e. The molecular formula is C15H23N3O2. The maximum absolute atomic E-state index is 12.2. The van der Waals surface area contributed by atoms with Crippen LogP contribution in [0.25, 0.3) is 0 Å². The highest BCUT2D eigenvalue weighted by Gasteiger charge is 2.11. The SMILES string of the molecule is Cc1cc(C)c(C(=O)NCCCCC(N)=NO)c(C)c1. The summed E-state index contributed by atoms with van der Waals surface area (Å²) in [5.41, 5.74) is 9.29. The number of carbonyl (C=O) groups is 1. The molecule has 1 amide bonds. The van der Waals surface area contributed by atoms with E-state index >= 15 is 0 Å². The van der Waals surface area contributed by atoms with E-state index in [0.29, 0.717) is 13.0 Å². The van der Waals surface area contributed by atoms with E-state index in [1.807, 2.05) is 32.9 Å². The number of nitrogens with zero attached hydrogens (tertiary/aromatic N) is 1. The van der Waals surface area contributed by atoms with Crippen LogP contribution in [0.3, 0.4) is 0 Å². The highest BCUT2D eigenvalue weighted by atomic mass is 16.4. The Morgan fingerprint density at radius 3 is 2.40 bits per heavy atom. The monoisotopic (exact) mass is 277 g/mol. The number of benzene rings is 1. The Labute approximate surface area is 119 Å². The molecule has 0 saturated carbocycles. The highest BCUT2D eigenvalue weighted by Crippen LogP contribution is 2.16. The number of nitrogens with two attached hydrogens (primary N) is 1. The maximum Gasteiger partial charge on any atom is 0.251 e. The van der Waals surface area contributed by atoms with Crippen LogP contribution in [0.2, 0.25) is 0 Å². The maximum atomic E-state index is 12.2. The molecule has 0 heterocycles. The van der Waals surface area contributed by atoms with Gasteiger partial charge < -0.3 is 16.3 Å². The largest absolute Gasteiger partial charge is 0.409 e. The minimum Gasteiger partial charge on any atom is -0.409 e. The molecule has 5 heteroatoms. The molecule has 0 aliphatic heterocycles. The molecule has 0 aliphatic carbocycles. The van der Waals surface area contributed by atoms with Gasteiger partial charge in [-0.3, -0.25) is 4.79 Å². The van der Waals surface area contributed by atoms with Crippen LogP contribution in [0.5, 0.6) is 0 Å². The summed E-state index contributed by atoms with van der Waals surface area (Å²) in [7, 11) is 0. The summed E-state index contributed by atoms with van der Waals surface area (Å²) in [5, 5.41) is 14.2. The molecule has 110 valence electrons. The number of nitrogens with one attached hydrogen (secondary N) is 1. The van der Waals surface area contributed by atoms with Gasteiger partial charge in [0, 0.05) is 18.5 Å². The molecule has 1 rings (SSSR count). The van der Waals surface area contributed by atoms with E-state index in [0.717, 1.165) is 35.1 Å². The predicted octanol–water partition coefficient (Wildman–Crippen LogP) is 2.26. The third kappa shape index (κ3) is 4.57. The quantitative estimate of drug-likeness (QED) is 0.245. The Balaban J connectivity index is 2.48. The molecular weight excluding hydrogens is 254 g/mol. The zero-order chi connectivity index (χ0) is 15.1. The van der Waals surface area contributed by atoms with Crippen molar-refractivity contribution in [1.82, 2.24) is 5.32 Å². The number of hydrogen-bond donors (Lipinski definition) is 3. The van der Waals surface area contributed by atoms with Gasteiger partial charge in [0.25, 0.3) is 5.91 Å². The van der Waals surface area contributed by atoms with E-state index in [1.165, 1.54) is 0 Å². The number of amides is 1. The number of aryl methyl sites for hydroxylation is 3. The van der Waals surface area contributed by atoms with Gasteiger partial charge in [-0.05, 0) is 44.7 Å². The van der Waals surface area contributed by atoms with Gasteiger partial charge in [-0.25, -0.2) is 0 Å². The first-order valence-corrected chi connectivity index (χ1v) is 6.78. The predicted molar refractivity (Wildman–Crippen MR) is 80.2 cm³/mol. The number of unbranched alkanes of at least 4 members (excludes halogenated alkanes) is 1. The first-order chi connectivity index (χ1) is 9.45. The molecule has 0 spiro atoms. The fourth-order valence-electron chi connectivity index (χ4n) is 2.31. The molecule has 5 nitrogen and oxygen atoms in total. The van der Waals surface area contributed by atoms with Gasteiger partial charge in [0.15, 0.2) is 0 Å². The van der Waals surface area contributed by atoms with Crippen molar-refractivity contribution in [2.45, 2.75) is 40.0 Å². The van der Waals surface area contributed by atoms with Crippen LogP contribution in [0.4, 0.5) is 0 Å². The molecule has 0 fully saturated rings. The van der Waals surface area contributed by atoms with Crippen molar-refractivity contribution in [2.24, 2.45) is 10.9 Å². The second kappa shape index (κ2) is 7.53. The van der Waals surface area contributed by atoms with Gasteiger partial charge in [-0.1, -0.05) is 22.9 Å². The zero-order valence-corrected chi connectivity index (χ0v) is 12.4. The topological polar surface area (TPSA) is 87.7 Å². The first kappa shape index (κ1) is 16.0. The summed E-state index contributed by atoms with van der Waals surface area (Å²) < 4.78 is 0. The summed E-state index contributed by atoms with van der Waals surface area (Å²) >= 11 is 0. The van der Waals surface area contributed by atoms with Crippen LogP contribution in [0.15, 0.2) is 17.3 Å². The normalized spacial score (nSPS) is 11.4. The summed E-state index contributed by atoms with van der Waals surface area (Å²) in [4.78, 5) is 12.2. The third-order valence-corrected chi connectivity index (χ3v) is 3.18. The van der Waals surface area contributed by atoms with Crippen LogP contribution in [0.1, 0.15) is 46.3 Å². The number of amidine groups is 1. The van der Waals surface area contributed by atoms with Gasteiger partial charge in [-0.15, -0.1) is 0 Å². The Morgan fingerprint density at radius 2 is 1.85 bits per heavy atom. The second-order valence-electron chi connectivity index (χ2n) is 5.08.